The minimum atomic E-state index is -1.95. The molecule has 0 unspecified atom stereocenters. The maximum atomic E-state index is 2.51. The Balaban J connectivity index is 2.46. The van der Waals surface area contributed by atoms with Crippen LogP contribution in [-0.4, -0.2) is 18.4 Å². The van der Waals surface area contributed by atoms with Gasteiger partial charge in [0.2, 0.25) is 0 Å². The molecule has 0 aliphatic carbocycles. The van der Waals surface area contributed by atoms with E-state index in [1.807, 2.05) is 11.3 Å². The average molecular weight is 395 g/mol. The van der Waals surface area contributed by atoms with Gasteiger partial charge in [-0.25, -0.2) is 0 Å². The molecule has 0 N–H and O–H groups in total. The normalized spacial score (nSPS) is 12.7. The van der Waals surface area contributed by atoms with Crippen molar-refractivity contribution in [3.05, 3.63) is 28.1 Å². The van der Waals surface area contributed by atoms with E-state index in [1.54, 1.807) is 2.89 Å². The second kappa shape index (κ2) is 4.47. The summed E-state index contributed by atoms with van der Waals surface area (Å²) in [5, 5.41) is 2.99. The number of benzene rings is 1. The van der Waals surface area contributed by atoms with E-state index in [0.717, 1.165) is 0 Å². The number of rotatable bonds is 1. The second-order valence-electron chi connectivity index (χ2n) is 6.45. The molecule has 2 aromatic heterocycles. The van der Waals surface area contributed by atoms with Crippen LogP contribution in [0.2, 0.25) is 14.8 Å². The van der Waals surface area contributed by atoms with E-state index in [1.165, 1.54) is 36.2 Å². The molecule has 3 heteroatoms. The Morgan fingerprint density at radius 3 is 1.89 bits per heavy atom. The Kier molecular flexibility index (Phi) is 3.27. The molecule has 0 bridgehead atoms. The fourth-order valence-corrected chi connectivity index (χ4v) is 10.1. The van der Waals surface area contributed by atoms with E-state index in [-0.39, 0.29) is 0 Å². The molecule has 3 rings (SSSR count). The molecule has 0 nitrogen and oxygen atoms in total. The number of aryl methyl sites for hydroxylation is 3. The fourth-order valence-electron chi connectivity index (χ4n) is 2.63. The van der Waals surface area contributed by atoms with Gasteiger partial charge in [0.1, 0.15) is 0 Å². The maximum absolute atomic E-state index is 2.51. The molecule has 2 heterocycles. The Morgan fingerprint density at radius 2 is 1.32 bits per heavy atom. The first-order valence-corrected chi connectivity index (χ1v) is 18.3. The number of thiophene rings is 2. The third-order valence-corrected chi connectivity index (χ3v) is 15.7. The third kappa shape index (κ3) is 2.16. The number of hydrogen-bond donors (Lipinski definition) is 0. The van der Waals surface area contributed by atoms with E-state index in [9.17, 15) is 0 Å². The molecule has 1 aromatic carbocycles. The minimum absolute atomic E-state index is 1.43. The van der Waals surface area contributed by atoms with Crippen molar-refractivity contribution in [2.24, 2.45) is 0 Å². The summed E-state index contributed by atoms with van der Waals surface area (Å²) in [6.45, 7) is 6.82. The van der Waals surface area contributed by atoms with Crippen LogP contribution < -0.4 is 2.89 Å². The van der Waals surface area contributed by atoms with Gasteiger partial charge in [0, 0.05) is 0 Å². The fraction of sp³-hybridized carbons (Fsp3) is 0.375. The van der Waals surface area contributed by atoms with Gasteiger partial charge >= 0.3 is 128 Å². The van der Waals surface area contributed by atoms with Gasteiger partial charge in [-0.15, -0.1) is 0 Å². The van der Waals surface area contributed by atoms with E-state index in [4.69, 9.17) is 0 Å². The molecule has 0 aliphatic rings. The van der Waals surface area contributed by atoms with Crippen LogP contribution in [0.25, 0.3) is 20.2 Å². The standard InChI is InChI=1S/C13H11S2.3CH3.Sn/c1-7-6-11-9(3)12-10(4-5-14-12)8(2)13(11)15-7;;;;/h4,6H,1-3H3;3*1H3;. The summed E-state index contributed by atoms with van der Waals surface area (Å²) in [5.41, 5.74) is 2.98. The van der Waals surface area contributed by atoms with Gasteiger partial charge in [0.15, 0.2) is 0 Å². The van der Waals surface area contributed by atoms with Crippen molar-refractivity contribution >= 4 is 64.1 Å². The summed E-state index contributed by atoms with van der Waals surface area (Å²) in [6, 6.07) is 4.87. The second-order valence-corrected chi connectivity index (χ2v) is 24.2. The molecule has 0 saturated carbocycles. The summed E-state index contributed by atoms with van der Waals surface area (Å²) in [5.74, 6) is 0. The zero-order chi connectivity index (χ0) is 13.9. The first kappa shape index (κ1) is 13.9. The zero-order valence-corrected chi connectivity index (χ0v) is 17.0. The molecule has 0 amide bonds. The van der Waals surface area contributed by atoms with E-state index < -0.39 is 18.4 Å². The molecule has 0 saturated heterocycles. The molecule has 19 heavy (non-hydrogen) atoms. The average Bonchev–Trinajstić information content (AvgIpc) is 2.88. The van der Waals surface area contributed by atoms with Crippen LogP contribution in [0.15, 0.2) is 12.1 Å². The van der Waals surface area contributed by atoms with Crippen molar-refractivity contribution < 1.29 is 0 Å². The zero-order valence-electron chi connectivity index (χ0n) is 12.5. The molecule has 0 fully saturated rings. The first-order chi connectivity index (χ1) is 8.79. The van der Waals surface area contributed by atoms with Crippen molar-refractivity contribution in [1.82, 2.24) is 0 Å². The monoisotopic (exact) mass is 396 g/mol. The summed E-state index contributed by atoms with van der Waals surface area (Å²) in [6.07, 6.45) is 0. The van der Waals surface area contributed by atoms with Crippen molar-refractivity contribution in [3.63, 3.8) is 0 Å². The van der Waals surface area contributed by atoms with Crippen LogP contribution in [0.4, 0.5) is 0 Å². The molecule has 100 valence electrons. The van der Waals surface area contributed by atoms with Gasteiger partial charge in [-0.1, -0.05) is 0 Å². The quantitative estimate of drug-likeness (QED) is 0.472. The van der Waals surface area contributed by atoms with Gasteiger partial charge in [0.05, 0.1) is 0 Å². The van der Waals surface area contributed by atoms with Gasteiger partial charge in [-0.2, -0.15) is 0 Å². The molecule has 0 spiro atoms. The van der Waals surface area contributed by atoms with Crippen molar-refractivity contribution in [3.8, 4) is 0 Å². The summed E-state index contributed by atoms with van der Waals surface area (Å²) in [4.78, 5) is 8.96. The summed E-state index contributed by atoms with van der Waals surface area (Å²) in [7, 11) is 0. The summed E-state index contributed by atoms with van der Waals surface area (Å²) >= 11 is 2.07. The van der Waals surface area contributed by atoms with Crippen LogP contribution in [0.1, 0.15) is 16.0 Å². The van der Waals surface area contributed by atoms with Crippen LogP contribution in [0.3, 0.4) is 0 Å². The Labute approximate surface area is 127 Å². The first-order valence-electron chi connectivity index (χ1n) is 6.72. The van der Waals surface area contributed by atoms with Crippen molar-refractivity contribution in [2.45, 2.75) is 35.6 Å². The van der Waals surface area contributed by atoms with Crippen LogP contribution in [0.5, 0.6) is 0 Å². The van der Waals surface area contributed by atoms with E-state index >= 15 is 0 Å². The third-order valence-electron chi connectivity index (χ3n) is 3.82. The summed E-state index contributed by atoms with van der Waals surface area (Å²) < 4.78 is 4.73. The topological polar surface area (TPSA) is 0 Å². The van der Waals surface area contributed by atoms with Gasteiger partial charge in [0.25, 0.3) is 0 Å². The van der Waals surface area contributed by atoms with Gasteiger partial charge in [-0.05, 0) is 0 Å². The molecule has 3 aromatic rings. The van der Waals surface area contributed by atoms with Gasteiger partial charge < -0.3 is 0 Å². The van der Waals surface area contributed by atoms with Gasteiger partial charge in [-0.3, -0.25) is 0 Å². The van der Waals surface area contributed by atoms with Crippen molar-refractivity contribution in [1.29, 1.82) is 0 Å². The molecule has 0 atom stereocenters. The van der Waals surface area contributed by atoms with Crippen LogP contribution in [0, 0.1) is 20.8 Å². The predicted octanol–water partition coefficient (Wildman–Crippen LogP) is 5.59. The Bertz CT molecular complexity index is 728. The molecule has 0 radical (unpaired) electrons. The molecule has 0 aliphatic heterocycles. The molecular formula is C16H20S2Sn. The Hall–Kier alpha value is -0.0613. The van der Waals surface area contributed by atoms with Crippen molar-refractivity contribution in [2.75, 3.05) is 0 Å². The number of hydrogen-bond acceptors (Lipinski definition) is 2. The van der Waals surface area contributed by atoms with Crippen LogP contribution >= 0.6 is 22.7 Å². The van der Waals surface area contributed by atoms with Crippen LogP contribution in [-0.2, 0) is 0 Å². The van der Waals surface area contributed by atoms with E-state index in [0.29, 0.717) is 0 Å². The van der Waals surface area contributed by atoms with E-state index in [2.05, 4.69) is 59.1 Å². The number of fused-ring (bicyclic) bond motifs is 2. The predicted molar refractivity (Wildman–Crippen MR) is 94.4 cm³/mol. The SMILES string of the molecule is Cc1cc2c(C)c3s[c]([Sn]([CH3])([CH3])[CH3])cc3c(C)c2s1. The Morgan fingerprint density at radius 1 is 0.789 bits per heavy atom. The molecular weight excluding hydrogens is 375 g/mol.